The van der Waals surface area contributed by atoms with Crippen molar-refractivity contribution in [1.29, 1.82) is 0 Å². The van der Waals surface area contributed by atoms with Crippen LogP contribution in [0, 0.1) is 0 Å². The van der Waals surface area contributed by atoms with Gasteiger partial charge < -0.3 is 4.90 Å². The Bertz CT molecular complexity index is 2840. The van der Waals surface area contributed by atoms with E-state index in [9.17, 15) is 0 Å². The average Bonchev–Trinajstić information content (AvgIpc) is 3.27. The highest BCUT2D eigenvalue weighted by Crippen LogP contribution is 2.40. The molecule has 0 radical (unpaired) electrons. The van der Waals surface area contributed by atoms with Crippen LogP contribution in [0.4, 0.5) is 17.1 Å². The van der Waals surface area contributed by atoms with E-state index in [1.165, 1.54) is 27.8 Å². The number of aromatic nitrogens is 2. The minimum atomic E-state index is 0.928. The molecular weight excluding hydrogens is 667 g/mol. The summed E-state index contributed by atoms with van der Waals surface area (Å²) in [4.78, 5) is 12.2. The van der Waals surface area contributed by atoms with E-state index in [1.807, 2.05) is 12.3 Å². The molecule has 0 aliphatic heterocycles. The van der Waals surface area contributed by atoms with Crippen molar-refractivity contribution in [1.82, 2.24) is 9.97 Å². The Morgan fingerprint density at radius 3 is 1.31 bits per heavy atom. The first-order chi connectivity index (χ1) is 27.3. The number of anilines is 3. The van der Waals surface area contributed by atoms with Gasteiger partial charge in [-0.1, -0.05) is 158 Å². The second kappa shape index (κ2) is 13.9. The smallest absolute Gasteiger partial charge is 0.0978 e. The van der Waals surface area contributed by atoms with Gasteiger partial charge in [0.15, 0.2) is 0 Å². The number of rotatable bonds is 7. The fraction of sp³-hybridized carbons (Fsp3) is 0. The largest absolute Gasteiger partial charge is 0.311 e. The van der Waals surface area contributed by atoms with E-state index in [1.54, 1.807) is 0 Å². The van der Waals surface area contributed by atoms with Crippen LogP contribution >= 0.6 is 0 Å². The molecule has 0 atom stereocenters. The van der Waals surface area contributed by atoms with Gasteiger partial charge in [0.25, 0.3) is 0 Å². The van der Waals surface area contributed by atoms with E-state index in [2.05, 4.69) is 205 Å². The van der Waals surface area contributed by atoms with Crippen molar-refractivity contribution in [3.05, 3.63) is 212 Å². The van der Waals surface area contributed by atoms with Gasteiger partial charge in [-0.25, -0.2) is 4.98 Å². The van der Waals surface area contributed by atoms with Gasteiger partial charge in [-0.05, 0) is 87.5 Å². The van der Waals surface area contributed by atoms with Crippen LogP contribution in [0.25, 0.3) is 77.2 Å². The maximum absolute atomic E-state index is 5.09. The van der Waals surface area contributed by atoms with Gasteiger partial charge in [0.2, 0.25) is 0 Å². The molecule has 3 nitrogen and oxygen atoms in total. The van der Waals surface area contributed by atoms with Crippen LogP contribution < -0.4 is 4.90 Å². The van der Waals surface area contributed by atoms with Crippen molar-refractivity contribution in [2.24, 2.45) is 0 Å². The molecule has 55 heavy (non-hydrogen) atoms. The van der Waals surface area contributed by atoms with Gasteiger partial charge in [-0.2, -0.15) is 0 Å². The van der Waals surface area contributed by atoms with Crippen LogP contribution in [0.1, 0.15) is 0 Å². The summed E-state index contributed by atoms with van der Waals surface area (Å²) in [7, 11) is 0. The number of hydrogen-bond donors (Lipinski definition) is 0. The Balaban J connectivity index is 1.01. The summed E-state index contributed by atoms with van der Waals surface area (Å²) in [5.41, 5.74) is 15.6. The zero-order chi connectivity index (χ0) is 36.6. The minimum Gasteiger partial charge on any atom is -0.311 e. The number of para-hydroxylation sites is 1. The standard InChI is InChI=1S/C52H35N3/c1-3-10-36(11-4-1)39-21-28-44(29-22-39)55(45-30-23-40(24-31-45)37-12-5-2-6-13-37)46-32-25-41(26-33-46)38-17-19-42(20-18-38)50-47-15-7-8-16-49(47)54-52-48(50)34-27-43-14-9-35-53-51(43)52/h1-35H. The Kier molecular flexibility index (Phi) is 8.16. The molecule has 0 saturated heterocycles. The van der Waals surface area contributed by atoms with E-state index in [0.29, 0.717) is 0 Å². The Morgan fingerprint density at radius 1 is 0.309 bits per heavy atom. The third-order valence-electron chi connectivity index (χ3n) is 10.5. The molecule has 3 heteroatoms. The summed E-state index contributed by atoms with van der Waals surface area (Å²) in [5, 5.41) is 3.33. The molecule has 0 N–H and O–H groups in total. The molecule has 2 heterocycles. The van der Waals surface area contributed by atoms with Gasteiger partial charge in [-0.15, -0.1) is 0 Å². The summed E-state index contributed by atoms with van der Waals surface area (Å²) in [5.74, 6) is 0. The molecule has 0 bridgehead atoms. The maximum atomic E-state index is 5.09. The van der Waals surface area contributed by atoms with E-state index >= 15 is 0 Å². The molecule has 2 aromatic heterocycles. The third kappa shape index (κ3) is 6.08. The van der Waals surface area contributed by atoms with Crippen LogP contribution in [0.2, 0.25) is 0 Å². The molecule has 0 amide bonds. The van der Waals surface area contributed by atoms with Gasteiger partial charge in [0, 0.05) is 45.0 Å². The van der Waals surface area contributed by atoms with Gasteiger partial charge in [0.1, 0.15) is 0 Å². The van der Waals surface area contributed by atoms with E-state index < -0.39 is 0 Å². The molecule has 10 rings (SSSR count). The fourth-order valence-electron chi connectivity index (χ4n) is 7.75. The molecule has 8 aromatic carbocycles. The SMILES string of the molecule is c1ccc(-c2ccc(N(c3ccc(-c4ccccc4)cc3)c3ccc(-c4ccc(-c5c6ccccc6nc6c5ccc5cccnc56)cc4)cc3)cc2)cc1. The monoisotopic (exact) mass is 701 g/mol. The Morgan fingerprint density at radius 2 is 0.764 bits per heavy atom. The van der Waals surface area contributed by atoms with Crippen molar-refractivity contribution in [2.75, 3.05) is 4.90 Å². The zero-order valence-corrected chi connectivity index (χ0v) is 30.0. The first kappa shape index (κ1) is 32.3. The number of nitrogens with zero attached hydrogens (tertiary/aromatic N) is 3. The van der Waals surface area contributed by atoms with E-state index in [0.717, 1.165) is 66.5 Å². The van der Waals surface area contributed by atoms with E-state index in [-0.39, 0.29) is 0 Å². The molecule has 0 saturated carbocycles. The van der Waals surface area contributed by atoms with Gasteiger partial charge in [-0.3, -0.25) is 4.98 Å². The lowest BCUT2D eigenvalue weighted by Crippen LogP contribution is -2.09. The van der Waals surface area contributed by atoms with Crippen molar-refractivity contribution >= 4 is 49.8 Å². The number of fused-ring (bicyclic) bond motifs is 4. The first-order valence-corrected chi connectivity index (χ1v) is 18.7. The van der Waals surface area contributed by atoms with Crippen LogP contribution in [-0.2, 0) is 0 Å². The third-order valence-corrected chi connectivity index (χ3v) is 10.5. The number of benzene rings is 8. The van der Waals surface area contributed by atoms with Gasteiger partial charge >= 0.3 is 0 Å². The number of pyridine rings is 2. The molecule has 258 valence electrons. The lowest BCUT2D eigenvalue weighted by Gasteiger charge is -2.26. The summed E-state index contributed by atoms with van der Waals surface area (Å²) < 4.78 is 0. The molecule has 10 aromatic rings. The maximum Gasteiger partial charge on any atom is 0.0978 e. The fourth-order valence-corrected chi connectivity index (χ4v) is 7.75. The number of hydrogen-bond acceptors (Lipinski definition) is 3. The second-order valence-electron chi connectivity index (χ2n) is 13.8. The van der Waals surface area contributed by atoms with Crippen molar-refractivity contribution in [3.63, 3.8) is 0 Å². The predicted octanol–water partition coefficient (Wildman–Crippen LogP) is 14.1. The highest BCUT2D eigenvalue weighted by molar-refractivity contribution is 6.16. The van der Waals surface area contributed by atoms with Crippen molar-refractivity contribution in [2.45, 2.75) is 0 Å². The molecular formula is C52H35N3. The van der Waals surface area contributed by atoms with Crippen LogP contribution in [-0.4, -0.2) is 9.97 Å². The summed E-state index contributed by atoms with van der Waals surface area (Å²) in [6.07, 6.45) is 1.85. The van der Waals surface area contributed by atoms with E-state index in [4.69, 9.17) is 9.97 Å². The molecule has 0 aliphatic rings. The highest BCUT2D eigenvalue weighted by atomic mass is 15.1. The molecule has 0 aliphatic carbocycles. The quantitative estimate of drug-likeness (QED) is 0.122. The lowest BCUT2D eigenvalue weighted by atomic mass is 9.93. The molecule has 0 unspecified atom stereocenters. The topological polar surface area (TPSA) is 29.0 Å². The lowest BCUT2D eigenvalue weighted by molar-refractivity contribution is 1.28. The summed E-state index contributed by atoms with van der Waals surface area (Å²) >= 11 is 0. The normalized spacial score (nSPS) is 11.3. The minimum absolute atomic E-state index is 0.928. The first-order valence-electron chi connectivity index (χ1n) is 18.7. The second-order valence-corrected chi connectivity index (χ2v) is 13.8. The zero-order valence-electron chi connectivity index (χ0n) is 30.0. The summed E-state index contributed by atoms with van der Waals surface area (Å²) in [6.45, 7) is 0. The van der Waals surface area contributed by atoms with Crippen molar-refractivity contribution < 1.29 is 0 Å². The summed E-state index contributed by atoms with van der Waals surface area (Å²) in [6, 6.07) is 73.4. The Labute approximate surface area is 320 Å². The Hall–Kier alpha value is -7.36. The molecule has 0 fully saturated rings. The van der Waals surface area contributed by atoms with Gasteiger partial charge in [0.05, 0.1) is 16.6 Å². The van der Waals surface area contributed by atoms with Crippen LogP contribution in [0.15, 0.2) is 212 Å². The molecule has 0 spiro atoms. The van der Waals surface area contributed by atoms with Crippen LogP contribution in [0.5, 0.6) is 0 Å². The van der Waals surface area contributed by atoms with Crippen molar-refractivity contribution in [3.8, 4) is 44.5 Å². The van der Waals surface area contributed by atoms with Crippen LogP contribution in [0.3, 0.4) is 0 Å². The average molecular weight is 702 g/mol. The highest BCUT2D eigenvalue weighted by Gasteiger charge is 2.16. The predicted molar refractivity (Wildman–Crippen MR) is 231 cm³/mol.